The van der Waals surface area contributed by atoms with Gasteiger partial charge in [0.1, 0.15) is 11.9 Å². The highest BCUT2D eigenvalue weighted by molar-refractivity contribution is 6.14. The zero-order chi connectivity index (χ0) is 7.82. The Morgan fingerprint density at radius 3 is 2.90 bits per heavy atom. The minimum atomic E-state index is -0.502. The molecule has 0 bridgehead atoms. The second-order valence-corrected chi connectivity index (χ2v) is 2.10. The number of unbranched alkanes of at least 4 members (excludes halogenated alkanes) is 2. The lowest BCUT2D eigenvalue weighted by molar-refractivity contribution is -0.128. The summed E-state index contributed by atoms with van der Waals surface area (Å²) in [5.41, 5.74) is 0. The van der Waals surface area contributed by atoms with Gasteiger partial charge in [0.15, 0.2) is 0 Å². The van der Waals surface area contributed by atoms with Gasteiger partial charge in [0.05, 0.1) is 0 Å². The second-order valence-electron chi connectivity index (χ2n) is 1.94. The number of carbonyl (C=O) groups excluding carboxylic acids is 1. The molecule has 10 heavy (non-hydrogen) atoms. The van der Waals surface area contributed by atoms with Gasteiger partial charge in [-0.2, -0.15) is 0 Å². The van der Waals surface area contributed by atoms with Gasteiger partial charge in [-0.3, -0.25) is 0 Å². The summed E-state index contributed by atoms with van der Waals surface area (Å²) in [5.74, 6) is -0.502. The van der Waals surface area contributed by atoms with Gasteiger partial charge in [0.2, 0.25) is 0 Å². The summed E-state index contributed by atoms with van der Waals surface area (Å²) in [6.07, 6.45) is 6.21. The van der Waals surface area contributed by atoms with Crippen LogP contribution in [0, 0.1) is 0 Å². The van der Waals surface area contributed by atoms with Gasteiger partial charge in [-0.25, -0.2) is 4.79 Å². The van der Waals surface area contributed by atoms with E-state index in [-0.39, 0.29) is 0 Å². The van der Waals surface area contributed by atoms with Crippen LogP contribution in [-0.4, -0.2) is 5.97 Å². The van der Waals surface area contributed by atoms with Gasteiger partial charge in [-0.05, 0) is 6.42 Å². The van der Waals surface area contributed by atoms with Gasteiger partial charge >= 0.3 is 5.97 Å². The van der Waals surface area contributed by atoms with E-state index in [1.54, 1.807) is 6.08 Å². The SMILES string of the molecule is CCCC/C=C/C(=O)OCl. The Morgan fingerprint density at radius 1 is 1.70 bits per heavy atom. The molecule has 0 rings (SSSR count). The minimum Gasteiger partial charge on any atom is -0.344 e. The first-order valence-electron chi connectivity index (χ1n) is 3.30. The summed E-state index contributed by atoms with van der Waals surface area (Å²) in [4.78, 5) is 10.3. The maximum Gasteiger partial charge on any atom is 0.348 e. The zero-order valence-electron chi connectivity index (χ0n) is 5.97. The smallest absolute Gasteiger partial charge is 0.344 e. The Labute approximate surface area is 66.0 Å². The monoisotopic (exact) mass is 162 g/mol. The Kier molecular flexibility index (Phi) is 6.29. The molecule has 0 aliphatic heterocycles. The van der Waals surface area contributed by atoms with E-state index in [1.165, 1.54) is 6.08 Å². The fourth-order valence-corrected chi connectivity index (χ4v) is 0.579. The summed E-state index contributed by atoms with van der Waals surface area (Å²) in [6, 6.07) is 0. The molecule has 0 aromatic heterocycles. The van der Waals surface area contributed by atoms with Crippen molar-refractivity contribution in [3.8, 4) is 0 Å². The largest absolute Gasteiger partial charge is 0.348 e. The molecule has 0 spiro atoms. The minimum absolute atomic E-state index is 0.502. The van der Waals surface area contributed by atoms with E-state index in [9.17, 15) is 4.79 Å². The van der Waals surface area contributed by atoms with Crippen molar-refractivity contribution in [2.45, 2.75) is 26.2 Å². The summed E-state index contributed by atoms with van der Waals surface area (Å²) < 4.78 is 3.88. The van der Waals surface area contributed by atoms with Crippen LogP contribution in [0.15, 0.2) is 12.2 Å². The quantitative estimate of drug-likeness (QED) is 0.469. The summed E-state index contributed by atoms with van der Waals surface area (Å²) in [6.45, 7) is 2.09. The van der Waals surface area contributed by atoms with E-state index in [0.717, 1.165) is 19.3 Å². The number of carbonyl (C=O) groups is 1. The fraction of sp³-hybridized carbons (Fsp3) is 0.571. The lowest BCUT2D eigenvalue weighted by Crippen LogP contribution is -1.88. The average molecular weight is 163 g/mol. The van der Waals surface area contributed by atoms with E-state index in [2.05, 4.69) is 11.2 Å². The van der Waals surface area contributed by atoms with Crippen molar-refractivity contribution in [1.29, 1.82) is 0 Å². The topological polar surface area (TPSA) is 26.3 Å². The van der Waals surface area contributed by atoms with Gasteiger partial charge in [-0.1, -0.05) is 25.8 Å². The first-order valence-corrected chi connectivity index (χ1v) is 3.61. The van der Waals surface area contributed by atoms with E-state index in [0.29, 0.717) is 0 Å². The van der Waals surface area contributed by atoms with Gasteiger partial charge in [-0.15, -0.1) is 0 Å². The van der Waals surface area contributed by atoms with Crippen LogP contribution in [0.3, 0.4) is 0 Å². The van der Waals surface area contributed by atoms with Crippen LogP contribution >= 0.6 is 11.9 Å². The molecule has 0 saturated carbocycles. The third-order valence-electron chi connectivity index (χ3n) is 1.05. The summed E-state index contributed by atoms with van der Waals surface area (Å²) >= 11 is 4.76. The van der Waals surface area contributed by atoms with E-state index in [1.807, 2.05) is 0 Å². The van der Waals surface area contributed by atoms with Crippen LogP contribution in [0.25, 0.3) is 0 Å². The van der Waals surface area contributed by atoms with Crippen molar-refractivity contribution in [2.75, 3.05) is 0 Å². The van der Waals surface area contributed by atoms with Crippen LogP contribution in [0.5, 0.6) is 0 Å². The molecular weight excluding hydrogens is 152 g/mol. The maximum absolute atomic E-state index is 10.3. The molecule has 0 saturated heterocycles. The van der Waals surface area contributed by atoms with Gasteiger partial charge < -0.3 is 4.29 Å². The van der Waals surface area contributed by atoms with E-state index >= 15 is 0 Å². The number of hydrogen-bond acceptors (Lipinski definition) is 2. The van der Waals surface area contributed by atoms with Gasteiger partial charge in [0, 0.05) is 6.08 Å². The molecule has 0 atom stereocenters. The number of rotatable bonds is 4. The molecule has 58 valence electrons. The van der Waals surface area contributed by atoms with Crippen molar-refractivity contribution in [3.05, 3.63) is 12.2 Å². The Balaban J connectivity index is 3.27. The number of halogens is 1. The highest BCUT2D eigenvalue weighted by atomic mass is 35.5. The molecule has 0 aromatic carbocycles. The highest BCUT2D eigenvalue weighted by Gasteiger charge is 1.90. The Hall–Kier alpha value is -0.500. The molecule has 0 aliphatic rings. The van der Waals surface area contributed by atoms with Crippen LogP contribution in [0.4, 0.5) is 0 Å². The molecule has 0 fully saturated rings. The van der Waals surface area contributed by atoms with Gasteiger partial charge in [0.25, 0.3) is 0 Å². The third kappa shape index (κ3) is 5.63. The normalized spacial score (nSPS) is 10.2. The lowest BCUT2D eigenvalue weighted by Gasteiger charge is -1.87. The molecular formula is C7H11ClO2. The van der Waals surface area contributed by atoms with Crippen LogP contribution in [0.1, 0.15) is 26.2 Å². The molecule has 2 nitrogen and oxygen atoms in total. The number of hydrogen-bond donors (Lipinski definition) is 0. The van der Waals surface area contributed by atoms with Crippen molar-refractivity contribution >= 4 is 17.8 Å². The maximum atomic E-state index is 10.3. The molecule has 0 N–H and O–H groups in total. The zero-order valence-corrected chi connectivity index (χ0v) is 6.73. The molecule has 0 aliphatic carbocycles. The first kappa shape index (κ1) is 9.50. The highest BCUT2D eigenvalue weighted by Crippen LogP contribution is 1.95. The Bertz CT molecular complexity index is 121. The third-order valence-corrected chi connectivity index (χ3v) is 1.21. The standard InChI is InChI=1S/C7H11ClO2/c1-2-3-4-5-6-7(9)10-8/h5-6H,2-4H2,1H3/b6-5+. The van der Waals surface area contributed by atoms with Crippen LogP contribution < -0.4 is 0 Å². The molecule has 0 radical (unpaired) electrons. The fourth-order valence-electron chi connectivity index (χ4n) is 0.527. The predicted octanol–water partition coefficient (Wildman–Crippen LogP) is 2.43. The van der Waals surface area contributed by atoms with Crippen molar-refractivity contribution in [3.63, 3.8) is 0 Å². The second kappa shape index (κ2) is 6.62. The van der Waals surface area contributed by atoms with Crippen molar-refractivity contribution in [2.24, 2.45) is 0 Å². The summed E-state index contributed by atoms with van der Waals surface area (Å²) in [7, 11) is 0. The average Bonchev–Trinajstić information content (AvgIpc) is 1.98. The molecule has 0 unspecified atom stereocenters. The van der Waals surface area contributed by atoms with E-state index < -0.39 is 5.97 Å². The summed E-state index contributed by atoms with van der Waals surface area (Å²) in [5, 5.41) is 0. The molecule has 0 heterocycles. The lowest BCUT2D eigenvalue weighted by atomic mass is 10.2. The first-order chi connectivity index (χ1) is 4.81. The van der Waals surface area contributed by atoms with Crippen LogP contribution in [0.2, 0.25) is 0 Å². The Morgan fingerprint density at radius 2 is 2.40 bits per heavy atom. The number of allylic oxidation sites excluding steroid dienone is 1. The van der Waals surface area contributed by atoms with Crippen molar-refractivity contribution in [1.82, 2.24) is 0 Å². The van der Waals surface area contributed by atoms with Crippen LogP contribution in [-0.2, 0) is 9.08 Å². The predicted molar refractivity (Wildman–Crippen MR) is 40.6 cm³/mol. The molecule has 0 amide bonds. The molecule has 3 heteroatoms. The molecule has 0 aromatic rings. The van der Waals surface area contributed by atoms with Crippen molar-refractivity contribution < 1.29 is 9.08 Å². The van der Waals surface area contributed by atoms with E-state index in [4.69, 9.17) is 11.9 Å².